The second-order valence-corrected chi connectivity index (χ2v) is 25.6. The lowest BCUT2D eigenvalue weighted by molar-refractivity contribution is -0.142. The fraction of sp³-hybridized carbons (Fsp3) is 0.500. The van der Waals surface area contributed by atoms with Crippen LogP contribution in [0.25, 0.3) is 0 Å². The summed E-state index contributed by atoms with van der Waals surface area (Å²) >= 11 is 0. The first kappa shape index (κ1) is 67.2. The fourth-order valence-electron chi connectivity index (χ4n) is 11.8. The first-order valence-corrected chi connectivity index (χ1v) is 31.8. The molecule has 0 bridgehead atoms. The molecule has 4 aliphatic rings. The molecule has 2 fully saturated rings. The minimum absolute atomic E-state index is 0. The van der Waals surface area contributed by atoms with Crippen LogP contribution in [-0.4, -0.2) is 138 Å². The van der Waals surface area contributed by atoms with Crippen molar-refractivity contribution < 1.29 is 45.6 Å². The number of halogens is 2. The number of hydrogen-bond donors (Lipinski definition) is 8. The molecule has 0 aromatic heterocycles. The van der Waals surface area contributed by atoms with Crippen LogP contribution in [0.4, 0.5) is 0 Å². The molecule has 0 saturated carbocycles. The van der Waals surface area contributed by atoms with Crippen LogP contribution in [0.5, 0.6) is 0 Å². The molecule has 20 nitrogen and oxygen atoms in total. The van der Waals surface area contributed by atoms with E-state index in [0.29, 0.717) is 38.5 Å². The van der Waals surface area contributed by atoms with Crippen LogP contribution >= 0.6 is 24.8 Å². The van der Waals surface area contributed by atoms with Crippen LogP contribution in [0.2, 0.25) is 0 Å². The van der Waals surface area contributed by atoms with Crippen LogP contribution < -0.4 is 41.3 Å². The number of sulfonamides is 2. The SMILES string of the molecule is CN[C@@H](C)C(=O)N[C@@H](CCCCCC[C@H](NC(=O)[C@H](C)NC)C(=O)N1C[C@@H](NS(=O)(=O)c2ccccc2)C[C@H]1C(=O)N[C@@H]1CCCc2ccccc21)C(=O)N1C[C@@H](NS(=O)(=O)c2ccccc2)C[C@H]1C(=O)N[C@@H]1CCCc2ccccc21.Cl.Cl. The Morgan fingerprint density at radius 2 is 0.869 bits per heavy atom. The fourth-order valence-corrected chi connectivity index (χ4v) is 14.3. The number of carbonyl (C=O) groups excluding carboxylic acids is 6. The summed E-state index contributed by atoms with van der Waals surface area (Å²) in [7, 11) is -4.85. The summed E-state index contributed by atoms with van der Waals surface area (Å²) in [4.78, 5) is 88.9. The summed E-state index contributed by atoms with van der Waals surface area (Å²) in [5.41, 5.74) is 4.26. The van der Waals surface area contributed by atoms with Gasteiger partial charge in [-0.2, -0.15) is 0 Å². The third-order valence-electron chi connectivity index (χ3n) is 16.5. The van der Waals surface area contributed by atoms with Gasteiger partial charge >= 0.3 is 0 Å². The van der Waals surface area contributed by atoms with Gasteiger partial charge in [0.25, 0.3) is 0 Å². The summed E-state index contributed by atoms with van der Waals surface area (Å²) in [5, 5.41) is 18.0. The lowest BCUT2D eigenvalue weighted by atomic mass is 9.87. The molecule has 6 amide bonds. The Morgan fingerprint density at radius 3 is 1.24 bits per heavy atom. The van der Waals surface area contributed by atoms with Crippen molar-refractivity contribution in [2.75, 3.05) is 27.2 Å². The number of aryl methyl sites for hydroxylation is 2. The predicted octanol–water partition coefficient (Wildman–Crippen LogP) is 4.64. The van der Waals surface area contributed by atoms with E-state index in [1.165, 1.54) is 34.1 Å². The predicted molar refractivity (Wildman–Crippen MR) is 325 cm³/mol. The van der Waals surface area contributed by atoms with Crippen molar-refractivity contribution in [3.63, 3.8) is 0 Å². The number of nitrogens with zero attached hydrogens (tertiary/aromatic N) is 2. The summed E-state index contributed by atoms with van der Waals surface area (Å²) in [6.07, 6.45) is 7.03. The van der Waals surface area contributed by atoms with E-state index in [1.807, 2.05) is 48.5 Å². The highest BCUT2D eigenvalue weighted by molar-refractivity contribution is 7.89. The molecule has 2 aliphatic heterocycles. The van der Waals surface area contributed by atoms with Gasteiger partial charge in [0.05, 0.1) is 34.0 Å². The standard InChI is InChI=1S/C60H80N10O10S2.2ClH/c1-39(61-3)55(71)65-51(59(75)69-37-43(67-81(77,78)45-25-9-7-10-26-45)35-53(69)57(73)63-49-33-19-23-41-21-15-17-29-47(41)49)31-13-5-6-14-32-52(66-56(72)40(2)62-4)60(76)70-38-44(68-82(79,80)46-27-11-8-12-28-46)36-54(70)58(74)64-50-34-20-24-42-22-16-18-30-48(42)50;;/h7-12,15-18,21-22,25-30,39-40,43-44,49-54,61-62,67-68H,5-6,13-14,19-20,23-24,31-38H2,1-4H3,(H,63,73)(H,64,74)(H,65,71)(H,66,72);2*1H/t39-,40-,43-,44-,49+,50+,51-,52-,53-,54-;;/m0../s1. The van der Waals surface area contributed by atoms with E-state index >= 15 is 0 Å². The van der Waals surface area contributed by atoms with Crippen molar-refractivity contribution in [1.82, 2.24) is 51.1 Å². The largest absolute Gasteiger partial charge is 0.347 e. The molecule has 2 heterocycles. The highest BCUT2D eigenvalue weighted by Gasteiger charge is 2.46. The smallest absolute Gasteiger partial charge is 0.245 e. The third-order valence-corrected chi connectivity index (χ3v) is 19.6. The van der Waals surface area contributed by atoms with E-state index in [0.717, 1.165) is 47.9 Å². The van der Waals surface area contributed by atoms with E-state index in [9.17, 15) is 45.6 Å². The molecule has 0 unspecified atom stereocenters. The number of likely N-dealkylation sites (tertiary alicyclic amines) is 2. The molecule has 0 spiro atoms. The maximum absolute atomic E-state index is 15.0. The number of rotatable bonds is 25. The first-order chi connectivity index (χ1) is 39.4. The Bertz CT molecular complexity index is 2920. The highest BCUT2D eigenvalue weighted by atomic mass is 35.5. The van der Waals surface area contributed by atoms with Gasteiger partial charge in [-0.05, 0) is 139 Å². The first-order valence-electron chi connectivity index (χ1n) is 28.8. The van der Waals surface area contributed by atoms with Gasteiger partial charge in [0, 0.05) is 25.2 Å². The van der Waals surface area contributed by atoms with E-state index in [1.54, 1.807) is 64.3 Å². The Labute approximate surface area is 506 Å². The Kier molecular flexibility index (Phi) is 24.7. The number of unbranched alkanes of at least 4 members (excludes halogenated alkanes) is 3. The summed E-state index contributed by atoms with van der Waals surface area (Å²) in [6.45, 7) is 3.06. The number of amides is 6. The minimum atomic E-state index is -4.05. The molecule has 2 aliphatic carbocycles. The second-order valence-electron chi connectivity index (χ2n) is 22.2. The van der Waals surface area contributed by atoms with Crippen molar-refractivity contribution >= 4 is 80.3 Å². The molecular formula is C60H82Cl2N10O10S2. The Balaban J connectivity index is 0.00000566. The number of benzene rings is 4. The van der Waals surface area contributed by atoms with Gasteiger partial charge in [0.15, 0.2) is 0 Å². The van der Waals surface area contributed by atoms with Crippen LogP contribution in [0, 0.1) is 0 Å². The van der Waals surface area contributed by atoms with Crippen molar-refractivity contribution in [3.8, 4) is 0 Å². The Morgan fingerprint density at radius 1 is 0.512 bits per heavy atom. The van der Waals surface area contributed by atoms with Crippen LogP contribution in [0.15, 0.2) is 119 Å². The van der Waals surface area contributed by atoms with Crippen molar-refractivity contribution in [2.24, 2.45) is 0 Å². The maximum atomic E-state index is 15.0. The summed E-state index contributed by atoms with van der Waals surface area (Å²) in [5.74, 6) is -2.80. The summed E-state index contributed by atoms with van der Waals surface area (Å²) in [6, 6.07) is 23.6. The number of carbonyl (C=O) groups is 6. The third kappa shape index (κ3) is 16.9. The van der Waals surface area contributed by atoms with Gasteiger partial charge in [0.1, 0.15) is 24.2 Å². The minimum Gasteiger partial charge on any atom is -0.347 e. The van der Waals surface area contributed by atoms with E-state index < -0.39 is 104 Å². The van der Waals surface area contributed by atoms with Crippen LogP contribution in [-0.2, 0) is 61.7 Å². The quantitative estimate of drug-likeness (QED) is 0.0422. The Hall–Kier alpha value is -5.98. The molecular weight excluding hydrogens is 1160 g/mol. The van der Waals surface area contributed by atoms with E-state index in [2.05, 4.69) is 41.3 Å². The number of nitrogens with one attached hydrogen (secondary N) is 8. The van der Waals surface area contributed by atoms with Gasteiger partial charge < -0.3 is 41.7 Å². The number of hydrogen-bond acceptors (Lipinski definition) is 12. The van der Waals surface area contributed by atoms with E-state index in [4.69, 9.17) is 0 Å². The van der Waals surface area contributed by atoms with Crippen molar-refractivity contribution in [2.45, 2.75) is 174 Å². The molecule has 0 radical (unpaired) electrons. The van der Waals surface area contributed by atoms with Crippen molar-refractivity contribution in [3.05, 3.63) is 131 Å². The average Bonchev–Trinajstić information content (AvgIpc) is 4.12. The molecule has 84 heavy (non-hydrogen) atoms. The van der Waals surface area contributed by atoms with Gasteiger partial charge in [-0.15, -0.1) is 24.8 Å². The number of fused-ring (bicyclic) bond motifs is 2. The zero-order valence-electron chi connectivity index (χ0n) is 48.1. The van der Waals surface area contributed by atoms with Gasteiger partial charge in [-0.1, -0.05) is 111 Å². The average molecular weight is 1240 g/mol. The lowest BCUT2D eigenvalue weighted by Crippen LogP contribution is -2.56. The maximum Gasteiger partial charge on any atom is 0.245 e. The molecule has 4 aromatic rings. The molecule has 10 atom stereocenters. The normalized spacial score (nSPS) is 21.6. The summed E-state index contributed by atoms with van der Waals surface area (Å²) < 4.78 is 60.0. The molecule has 8 rings (SSSR count). The zero-order valence-corrected chi connectivity index (χ0v) is 51.4. The molecule has 458 valence electrons. The topological polar surface area (TPSA) is 273 Å². The second kappa shape index (κ2) is 30.9. The highest BCUT2D eigenvalue weighted by Crippen LogP contribution is 2.33. The van der Waals surface area contributed by atoms with Crippen LogP contribution in [0.1, 0.15) is 125 Å². The lowest BCUT2D eigenvalue weighted by Gasteiger charge is -2.32. The zero-order chi connectivity index (χ0) is 58.6. The molecule has 4 aromatic carbocycles. The van der Waals surface area contributed by atoms with Crippen LogP contribution in [0.3, 0.4) is 0 Å². The number of likely N-dealkylation sites (N-methyl/N-ethyl adjacent to an activating group) is 2. The molecule has 2 saturated heterocycles. The van der Waals surface area contributed by atoms with Gasteiger partial charge in [-0.3, -0.25) is 28.8 Å². The van der Waals surface area contributed by atoms with Gasteiger partial charge in [0.2, 0.25) is 55.5 Å². The van der Waals surface area contributed by atoms with Crippen molar-refractivity contribution in [1.29, 1.82) is 0 Å². The monoisotopic (exact) mass is 1240 g/mol. The molecule has 24 heteroatoms. The van der Waals surface area contributed by atoms with E-state index in [-0.39, 0.29) is 85.5 Å². The molecule has 8 N–H and O–H groups in total. The van der Waals surface area contributed by atoms with Gasteiger partial charge in [-0.25, -0.2) is 26.3 Å².